The Labute approximate surface area is 147 Å². The standard InChI is InChI=1S/C19H25NO5/c1-24-16-8-7-12(11-17(16)25-2)15-4-3-9-20(15)18(21)13-5-6-14(10-13)19(22)23/h7-8,11,13-15H,3-6,9-10H2,1-2H3,(H,22,23)/t13-,14+,15?/m1/s1. The molecule has 1 aromatic carbocycles. The zero-order valence-electron chi connectivity index (χ0n) is 14.7. The highest BCUT2D eigenvalue weighted by Crippen LogP contribution is 2.40. The topological polar surface area (TPSA) is 76.1 Å². The van der Waals surface area contributed by atoms with E-state index in [9.17, 15) is 9.59 Å². The summed E-state index contributed by atoms with van der Waals surface area (Å²) in [5, 5.41) is 9.16. The molecule has 136 valence electrons. The van der Waals surface area contributed by atoms with Gasteiger partial charge in [0.2, 0.25) is 5.91 Å². The van der Waals surface area contributed by atoms with Crippen LogP contribution < -0.4 is 9.47 Å². The number of rotatable bonds is 5. The van der Waals surface area contributed by atoms with E-state index in [0.717, 1.165) is 24.9 Å². The fourth-order valence-electron chi connectivity index (χ4n) is 4.10. The van der Waals surface area contributed by atoms with Crippen molar-refractivity contribution in [3.63, 3.8) is 0 Å². The molecule has 2 aliphatic rings. The van der Waals surface area contributed by atoms with Crippen molar-refractivity contribution >= 4 is 11.9 Å². The molecule has 3 atom stereocenters. The Morgan fingerprint density at radius 1 is 1.08 bits per heavy atom. The van der Waals surface area contributed by atoms with Crippen LogP contribution >= 0.6 is 0 Å². The molecule has 3 rings (SSSR count). The number of likely N-dealkylation sites (tertiary alicyclic amines) is 1. The summed E-state index contributed by atoms with van der Waals surface area (Å²) in [7, 11) is 3.20. The van der Waals surface area contributed by atoms with E-state index in [2.05, 4.69) is 0 Å². The SMILES string of the molecule is COc1ccc(C2CCCN2C(=O)[C@@H]2CC[C@H](C(=O)O)C2)cc1OC. The molecule has 1 aliphatic carbocycles. The summed E-state index contributed by atoms with van der Waals surface area (Å²) in [5.41, 5.74) is 1.04. The largest absolute Gasteiger partial charge is 0.493 e. The van der Waals surface area contributed by atoms with Crippen LogP contribution in [0, 0.1) is 11.8 Å². The van der Waals surface area contributed by atoms with Gasteiger partial charge in [-0.05, 0) is 49.8 Å². The van der Waals surface area contributed by atoms with Gasteiger partial charge in [-0.2, -0.15) is 0 Å². The number of carboxylic acid groups (broad SMARTS) is 1. The summed E-state index contributed by atoms with van der Waals surface area (Å²) < 4.78 is 10.7. The van der Waals surface area contributed by atoms with Gasteiger partial charge in [0, 0.05) is 12.5 Å². The van der Waals surface area contributed by atoms with E-state index >= 15 is 0 Å². The van der Waals surface area contributed by atoms with Crippen molar-refractivity contribution in [1.82, 2.24) is 4.90 Å². The van der Waals surface area contributed by atoms with Crippen molar-refractivity contribution in [3.8, 4) is 11.5 Å². The third-order valence-corrected chi connectivity index (χ3v) is 5.46. The van der Waals surface area contributed by atoms with Crippen molar-refractivity contribution < 1.29 is 24.2 Å². The van der Waals surface area contributed by atoms with Crippen molar-refractivity contribution in [1.29, 1.82) is 0 Å². The summed E-state index contributed by atoms with van der Waals surface area (Å²) >= 11 is 0. The van der Waals surface area contributed by atoms with E-state index in [0.29, 0.717) is 30.8 Å². The normalized spacial score (nSPS) is 25.8. The highest BCUT2D eigenvalue weighted by molar-refractivity contribution is 5.81. The molecule has 1 unspecified atom stereocenters. The second-order valence-electron chi connectivity index (χ2n) is 6.85. The fraction of sp³-hybridized carbons (Fsp3) is 0.579. The van der Waals surface area contributed by atoms with E-state index in [1.807, 2.05) is 23.1 Å². The molecule has 6 heteroatoms. The van der Waals surface area contributed by atoms with Gasteiger partial charge in [-0.1, -0.05) is 6.07 Å². The molecule has 25 heavy (non-hydrogen) atoms. The Bertz CT molecular complexity index is 659. The first-order valence-corrected chi connectivity index (χ1v) is 8.80. The van der Waals surface area contributed by atoms with Crippen LogP contribution in [0.2, 0.25) is 0 Å². The molecule has 0 spiro atoms. The lowest BCUT2D eigenvalue weighted by Gasteiger charge is -2.28. The number of carbonyl (C=O) groups is 2. The van der Waals surface area contributed by atoms with E-state index in [1.165, 1.54) is 0 Å². The van der Waals surface area contributed by atoms with E-state index in [4.69, 9.17) is 14.6 Å². The van der Waals surface area contributed by atoms with E-state index < -0.39 is 5.97 Å². The van der Waals surface area contributed by atoms with Gasteiger partial charge in [0.25, 0.3) is 0 Å². The molecule has 1 N–H and O–H groups in total. The molecule has 0 aromatic heterocycles. The summed E-state index contributed by atoms with van der Waals surface area (Å²) in [4.78, 5) is 26.0. The van der Waals surface area contributed by atoms with Crippen molar-refractivity contribution in [3.05, 3.63) is 23.8 Å². The van der Waals surface area contributed by atoms with E-state index in [-0.39, 0.29) is 23.8 Å². The number of amides is 1. The van der Waals surface area contributed by atoms with Gasteiger partial charge in [-0.25, -0.2) is 0 Å². The number of carbonyl (C=O) groups excluding carboxylic acids is 1. The Balaban J connectivity index is 1.76. The Hall–Kier alpha value is -2.24. The number of benzene rings is 1. The number of hydrogen-bond donors (Lipinski definition) is 1. The second-order valence-corrected chi connectivity index (χ2v) is 6.85. The second kappa shape index (κ2) is 7.33. The first-order valence-electron chi connectivity index (χ1n) is 8.80. The number of methoxy groups -OCH3 is 2. The predicted molar refractivity (Wildman–Crippen MR) is 91.7 cm³/mol. The van der Waals surface area contributed by atoms with Crippen LogP contribution in [0.1, 0.15) is 43.7 Å². The maximum absolute atomic E-state index is 13.0. The molecule has 1 saturated carbocycles. The van der Waals surface area contributed by atoms with Gasteiger partial charge >= 0.3 is 5.97 Å². The summed E-state index contributed by atoms with van der Waals surface area (Å²) in [6.45, 7) is 0.728. The first-order chi connectivity index (χ1) is 12.0. The smallest absolute Gasteiger partial charge is 0.306 e. The maximum Gasteiger partial charge on any atom is 0.306 e. The third kappa shape index (κ3) is 3.43. The average Bonchev–Trinajstić information content (AvgIpc) is 3.30. The lowest BCUT2D eigenvalue weighted by atomic mass is 10.0. The fourth-order valence-corrected chi connectivity index (χ4v) is 4.10. The molecular formula is C19H25NO5. The van der Waals surface area contributed by atoms with Gasteiger partial charge in [-0.15, -0.1) is 0 Å². The minimum absolute atomic E-state index is 0.0242. The number of ether oxygens (including phenoxy) is 2. The van der Waals surface area contributed by atoms with Crippen LogP contribution in [0.4, 0.5) is 0 Å². The van der Waals surface area contributed by atoms with E-state index in [1.54, 1.807) is 14.2 Å². The quantitative estimate of drug-likeness (QED) is 0.886. The minimum Gasteiger partial charge on any atom is -0.493 e. The molecule has 2 fully saturated rings. The molecule has 1 heterocycles. The van der Waals surface area contributed by atoms with Crippen LogP contribution in [0.3, 0.4) is 0 Å². The lowest BCUT2D eigenvalue weighted by Crippen LogP contribution is -2.35. The summed E-state index contributed by atoms with van der Waals surface area (Å²) in [6, 6.07) is 5.80. The maximum atomic E-state index is 13.0. The number of nitrogens with zero attached hydrogens (tertiary/aromatic N) is 1. The summed E-state index contributed by atoms with van der Waals surface area (Å²) in [6.07, 6.45) is 3.60. The molecule has 1 aromatic rings. The van der Waals surface area contributed by atoms with Crippen LogP contribution in [-0.2, 0) is 9.59 Å². The highest BCUT2D eigenvalue weighted by atomic mass is 16.5. The lowest BCUT2D eigenvalue weighted by molar-refractivity contribution is -0.141. The number of carboxylic acids is 1. The molecule has 0 bridgehead atoms. The zero-order chi connectivity index (χ0) is 18.0. The average molecular weight is 347 g/mol. The summed E-state index contributed by atoms with van der Waals surface area (Å²) in [5.74, 6) is 0.0976. The monoisotopic (exact) mass is 347 g/mol. The van der Waals surface area contributed by atoms with Gasteiger partial charge in [-0.3, -0.25) is 9.59 Å². The molecule has 6 nitrogen and oxygen atoms in total. The Kier molecular flexibility index (Phi) is 5.16. The third-order valence-electron chi connectivity index (χ3n) is 5.46. The van der Waals surface area contributed by atoms with Crippen molar-refractivity contribution in [2.45, 2.75) is 38.1 Å². The minimum atomic E-state index is -0.784. The van der Waals surface area contributed by atoms with Crippen LogP contribution in [0.5, 0.6) is 11.5 Å². The van der Waals surface area contributed by atoms with Crippen molar-refractivity contribution in [2.75, 3.05) is 20.8 Å². The number of hydrogen-bond acceptors (Lipinski definition) is 4. The molecule has 0 radical (unpaired) electrons. The van der Waals surface area contributed by atoms with Gasteiger partial charge in [0.05, 0.1) is 26.2 Å². The van der Waals surface area contributed by atoms with Crippen LogP contribution in [0.25, 0.3) is 0 Å². The Morgan fingerprint density at radius 3 is 2.44 bits per heavy atom. The van der Waals surface area contributed by atoms with Gasteiger partial charge < -0.3 is 19.5 Å². The van der Waals surface area contributed by atoms with Gasteiger partial charge in [0.1, 0.15) is 0 Å². The zero-order valence-corrected chi connectivity index (χ0v) is 14.7. The molecule has 1 amide bonds. The Morgan fingerprint density at radius 2 is 1.80 bits per heavy atom. The predicted octanol–water partition coefficient (Wildman–Crippen LogP) is 2.87. The van der Waals surface area contributed by atoms with Crippen molar-refractivity contribution in [2.24, 2.45) is 11.8 Å². The molecule has 1 saturated heterocycles. The van der Waals surface area contributed by atoms with Gasteiger partial charge in [0.15, 0.2) is 11.5 Å². The molecule has 1 aliphatic heterocycles. The number of aliphatic carboxylic acids is 1. The molecular weight excluding hydrogens is 322 g/mol. The first kappa shape index (κ1) is 17.6. The highest BCUT2D eigenvalue weighted by Gasteiger charge is 2.39. The van der Waals surface area contributed by atoms with Crippen LogP contribution in [-0.4, -0.2) is 42.6 Å². The van der Waals surface area contributed by atoms with Crippen LogP contribution in [0.15, 0.2) is 18.2 Å².